The summed E-state index contributed by atoms with van der Waals surface area (Å²) in [6.07, 6.45) is 1.96. The molecule has 0 spiro atoms. The Labute approximate surface area is 136 Å². The lowest BCUT2D eigenvalue weighted by molar-refractivity contribution is 0.102. The van der Waals surface area contributed by atoms with E-state index in [1.165, 1.54) is 0 Å². The molecule has 1 aliphatic rings. The molecular formula is C16H14BrClN2O. The number of hydrogen-bond donors (Lipinski definition) is 2. The fourth-order valence-corrected chi connectivity index (χ4v) is 3.02. The van der Waals surface area contributed by atoms with Crippen molar-refractivity contribution in [1.82, 2.24) is 0 Å². The molecule has 0 unspecified atom stereocenters. The molecule has 21 heavy (non-hydrogen) atoms. The van der Waals surface area contributed by atoms with E-state index in [1.807, 2.05) is 24.3 Å². The van der Waals surface area contributed by atoms with Crippen LogP contribution in [-0.2, 0) is 6.42 Å². The predicted octanol–water partition coefficient (Wildman–Crippen LogP) is 4.71. The first-order valence-electron chi connectivity index (χ1n) is 6.77. The van der Waals surface area contributed by atoms with E-state index in [2.05, 4.69) is 26.6 Å². The van der Waals surface area contributed by atoms with Crippen LogP contribution in [0.5, 0.6) is 0 Å². The number of amides is 1. The molecule has 0 fully saturated rings. The summed E-state index contributed by atoms with van der Waals surface area (Å²) in [6, 6.07) is 11.1. The van der Waals surface area contributed by atoms with Crippen LogP contribution < -0.4 is 10.6 Å². The highest BCUT2D eigenvalue weighted by Crippen LogP contribution is 2.29. The fraction of sp³-hybridized carbons (Fsp3) is 0.188. The van der Waals surface area contributed by atoms with Gasteiger partial charge < -0.3 is 10.6 Å². The summed E-state index contributed by atoms with van der Waals surface area (Å²) in [5.74, 6) is -0.112. The minimum Gasteiger partial charge on any atom is -0.385 e. The highest BCUT2D eigenvalue weighted by atomic mass is 79.9. The molecule has 0 aromatic heterocycles. The zero-order chi connectivity index (χ0) is 14.8. The molecule has 5 heteroatoms. The molecule has 2 N–H and O–H groups in total. The summed E-state index contributed by atoms with van der Waals surface area (Å²) in [6.45, 7) is 0.956. The number of hydrogen-bond acceptors (Lipinski definition) is 2. The maximum Gasteiger partial charge on any atom is 0.256 e. The smallest absolute Gasteiger partial charge is 0.256 e. The van der Waals surface area contributed by atoms with Gasteiger partial charge in [0.15, 0.2) is 0 Å². The predicted molar refractivity (Wildman–Crippen MR) is 90.4 cm³/mol. The van der Waals surface area contributed by atoms with Crippen LogP contribution in [0.3, 0.4) is 0 Å². The Bertz CT molecular complexity index is 703. The van der Waals surface area contributed by atoms with Crippen molar-refractivity contribution < 1.29 is 4.79 Å². The third-order valence-corrected chi connectivity index (χ3v) is 4.44. The molecule has 2 aromatic rings. The van der Waals surface area contributed by atoms with Gasteiger partial charge in [0.05, 0.1) is 5.69 Å². The van der Waals surface area contributed by atoms with E-state index >= 15 is 0 Å². The standard InChI is InChI=1S/C16H14BrClN2O/c17-13-7-6-10(18)9-15(13)20-16(21)12-3-1-5-14-11(12)4-2-8-19-14/h1,3,5-7,9,19H,2,4,8H2,(H,20,21). The molecular weight excluding hydrogens is 352 g/mol. The summed E-state index contributed by atoms with van der Waals surface area (Å²) < 4.78 is 0.808. The number of carbonyl (C=O) groups is 1. The van der Waals surface area contributed by atoms with E-state index in [4.69, 9.17) is 11.6 Å². The van der Waals surface area contributed by atoms with E-state index in [-0.39, 0.29) is 5.91 Å². The summed E-state index contributed by atoms with van der Waals surface area (Å²) in [4.78, 5) is 12.5. The van der Waals surface area contributed by atoms with Gasteiger partial charge >= 0.3 is 0 Å². The Morgan fingerprint density at radius 2 is 2.14 bits per heavy atom. The lowest BCUT2D eigenvalue weighted by atomic mass is 9.97. The largest absolute Gasteiger partial charge is 0.385 e. The Morgan fingerprint density at radius 3 is 3.00 bits per heavy atom. The van der Waals surface area contributed by atoms with E-state index in [9.17, 15) is 4.79 Å². The van der Waals surface area contributed by atoms with Gasteiger partial charge in [0.2, 0.25) is 0 Å². The van der Waals surface area contributed by atoms with Crippen molar-refractivity contribution in [3.05, 3.63) is 57.0 Å². The maximum atomic E-state index is 12.5. The number of carbonyl (C=O) groups excluding carboxylic acids is 1. The second-order valence-corrected chi connectivity index (χ2v) is 6.23. The monoisotopic (exact) mass is 364 g/mol. The van der Waals surface area contributed by atoms with Gasteiger partial charge in [-0.1, -0.05) is 17.7 Å². The van der Waals surface area contributed by atoms with E-state index in [1.54, 1.807) is 12.1 Å². The average molecular weight is 366 g/mol. The summed E-state index contributed by atoms with van der Waals surface area (Å²) >= 11 is 9.40. The molecule has 0 saturated carbocycles. The number of anilines is 2. The van der Waals surface area contributed by atoms with Gasteiger partial charge in [0.1, 0.15) is 0 Å². The minimum atomic E-state index is -0.112. The van der Waals surface area contributed by atoms with Gasteiger partial charge in [-0.05, 0) is 64.7 Å². The van der Waals surface area contributed by atoms with Crippen LogP contribution in [0.25, 0.3) is 0 Å². The molecule has 2 aromatic carbocycles. The summed E-state index contributed by atoms with van der Waals surface area (Å²) in [7, 11) is 0. The van der Waals surface area contributed by atoms with Crippen molar-refractivity contribution >= 4 is 44.8 Å². The molecule has 1 amide bonds. The Hall–Kier alpha value is -1.52. The molecule has 0 saturated heterocycles. The van der Waals surface area contributed by atoms with Crippen molar-refractivity contribution in [2.75, 3.05) is 17.2 Å². The van der Waals surface area contributed by atoms with E-state index in [0.29, 0.717) is 16.3 Å². The van der Waals surface area contributed by atoms with Gasteiger partial charge in [-0.3, -0.25) is 4.79 Å². The number of nitrogens with one attached hydrogen (secondary N) is 2. The summed E-state index contributed by atoms with van der Waals surface area (Å²) in [5, 5.41) is 6.84. The third kappa shape index (κ3) is 3.06. The molecule has 0 aliphatic carbocycles. The molecule has 0 atom stereocenters. The van der Waals surface area contributed by atoms with E-state index < -0.39 is 0 Å². The SMILES string of the molecule is O=C(Nc1cc(Cl)ccc1Br)c1cccc2c1CCCN2. The minimum absolute atomic E-state index is 0.112. The fourth-order valence-electron chi connectivity index (χ4n) is 2.51. The number of rotatable bonds is 2. The van der Waals surface area contributed by atoms with Crippen LogP contribution in [0.4, 0.5) is 11.4 Å². The van der Waals surface area contributed by atoms with Gasteiger partial charge in [0.25, 0.3) is 5.91 Å². The number of halogens is 2. The van der Waals surface area contributed by atoms with Gasteiger partial charge in [0, 0.05) is 27.3 Å². The topological polar surface area (TPSA) is 41.1 Å². The Morgan fingerprint density at radius 1 is 1.29 bits per heavy atom. The van der Waals surface area contributed by atoms with Crippen LogP contribution in [0.2, 0.25) is 5.02 Å². The van der Waals surface area contributed by atoms with Gasteiger partial charge in [-0.25, -0.2) is 0 Å². The number of benzene rings is 2. The van der Waals surface area contributed by atoms with Crippen molar-refractivity contribution in [2.24, 2.45) is 0 Å². The van der Waals surface area contributed by atoms with Crippen LogP contribution >= 0.6 is 27.5 Å². The quantitative estimate of drug-likeness (QED) is 0.809. The first kappa shape index (κ1) is 14.4. The van der Waals surface area contributed by atoms with Crippen LogP contribution in [0.1, 0.15) is 22.3 Å². The first-order valence-corrected chi connectivity index (χ1v) is 7.94. The Balaban J connectivity index is 1.91. The van der Waals surface area contributed by atoms with Crippen molar-refractivity contribution in [2.45, 2.75) is 12.8 Å². The summed E-state index contributed by atoms with van der Waals surface area (Å²) in [5.41, 5.74) is 3.53. The first-order chi connectivity index (χ1) is 10.1. The van der Waals surface area contributed by atoms with Crippen molar-refractivity contribution in [3.63, 3.8) is 0 Å². The maximum absolute atomic E-state index is 12.5. The normalized spacial score (nSPS) is 13.2. The average Bonchev–Trinajstić information content (AvgIpc) is 2.50. The second-order valence-electron chi connectivity index (χ2n) is 4.94. The van der Waals surface area contributed by atoms with Crippen molar-refractivity contribution in [3.8, 4) is 0 Å². The lowest BCUT2D eigenvalue weighted by Gasteiger charge is -2.20. The van der Waals surface area contributed by atoms with Gasteiger partial charge in [-0.15, -0.1) is 0 Å². The highest BCUT2D eigenvalue weighted by molar-refractivity contribution is 9.10. The lowest BCUT2D eigenvalue weighted by Crippen LogP contribution is -2.19. The molecule has 1 aliphatic heterocycles. The van der Waals surface area contributed by atoms with Crippen molar-refractivity contribution in [1.29, 1.82) is 0 Å². The second kappa shape index (κ2) is 6.08. The molecule has 1 heterocycles. The molecule has 3 nitrogen and oxygen atoms in total. The number of fused-ring (bicyclic) bond motifs is 1. The third-order valence-electron chi connectivity index (χ3n) is 3.52. The zero-order valence-corrected chi connectivity index (χ0v) is 13.6. The highest BCUT2D eigenvalue weighted by Gasteiger charge is 2.18. The van der Waals surface area contributed by atoms with Crippen LogP contribution in [0.15, 0.2) is 40.9 Å². The molecule has 3 rings (SSSR count). The van der Waals surface area contributed by atoms with E-state index in [0.717, 1.165) is 35.1 Å². The Kier molecular flexibility index (Phi) is 4.17. The molecule has 108 valence electrons. The molecule has 0 bridgehead atoms. The van der Waals surface area contributed by atoms with Crippen LogP contribution in [-0.4, -0.2) is 12.5 Å². The zero-order valence-electron chi connectivity index (χ0n) is 11.2. The molecule has 0 radical (unpaired) electrons. The van der Waals surface area contributed by atoms with Crippen LogP contribution in [0, 0.1) is 0 Å². The van der Waals surface area contributed by atoms with Gasteiger partial charge in [-0.2, -0.15) is 0 Å².